The highest BCUT2D eigenvalue weighted by Crippen LogP contribution is 2.29. The molecule has 0 fully saturated rings. The number of carbonyl (C=O) groups excluding carboxylic acids is 1. The van der Waals surface area contributed by atoms with Gasteiger partial charge in [-0.25, -0.2) is 9.97 Å². The van der Waals surface area contributed by atoms with Crippen LogP contribution in [0.15, 0.2) is 48.8 Å². The molecular weight excluding hydrogens is 415 g/mol. The molecule has 1 unspecified atom stereocenters. The van der Waals surface area contributed by atoms with Crippen molar-refractivity contribution in [3.05, 3.63) is 59.5 Å². The number of methoxy groups -OCH3 is 1. The maximum Gasteiger partial charge on any atom is 0.270 e. The van der Waals surface area contributed by atoms with E-state index in [1.54, 1.807) is 48.8 Å². The largest absolute Gasteiger partial charge is 0.496 e. The fourth-order valence-corrected chi connectivity index (χ4v) is 2.71. The van der Waals surface area contributed by atoms with E-state index in [1.165, 1.54) is 14.0 Å². The van der Waals surface area contributed by atoms with Crippen LogP contribution in [-0.4, -0.2) is 44.7 Å². The number of aliphatic hydroxyl groups is 1. The molecule has 1 aromatic carbocycles. The van der Waals surface area contributed by atoms with Gasteiger partial charge in [0.2, 0.25) is 0 Å². The number of aromatic nitrogens is 3. The Morgan fingerprint density at radius 3 is 2.62 bits per heavy atom. The highest BCUT2D eigenvalue weighted by molar-refractivity contribution is 6.30. The average Bonchev–Trinajstić information content (AvgIpc) is 2.71. The van der Waals surface area contributed by atoms with E-state index in [9.17, 15) is 9.90 Å². The van der Waals surface area contributed by atoms with Gasteiger partial charge in [-0.05, 0) is 31.2 Å². The summed E-state index contributed by atoms with van der Waals surface area (Å²) >= 11 is 11.7. The molecule has 150 valence electrons. The van der Waals surface area contributed by atoms with Crippen LogP contribution in [0.4, 0.5) is 0 Å². The monoisotopic (exact) mass is 432 g/mol. The summed E-state index contributed by atoms with van der Waals surface area (Å²) in [4.78, 5) is 25.7. The molecule has 3 rings (SSSR count). The fourth-order valence-electron chi connectivity index (χ4n) is 2.51. The van der Waals surface area contributed by atoms with Gasteiger partial charge in [0.1, 0.15) is 11.4 Å². The first-order valence-corrected chi connectivity index (χ1v) is 9.35. The molecule has 0 aliphatic carbocycles. The summed E-state index contributed by atoms with van der Waals surface area (Å²) in [5, 5.41) is 11.2. The lowest BCUT2D eigenvalue weighted by atomic mass is 10.1. The van der Waals surface area contributed by atoms with Crippen LogP contribution in [-0.2, 0) is 0 Å². The highest BCUT2D eigenvalue weighted by atomic mass is 35.5. The van der Waals surface area contributed by atoms with E-state index in [2.05, 4.69) is 20.3 Å². The van der Waals surface area contributed by atoms with Crippen LogP contribution in [0.5, 0.6) is 5.75 Å². The summed E-state index contributed by atoms with van der Waals surface area (Å²) in [6.45, 7) is 1.22. The summed E-state index contributed by atoms with van der Waals surface area (Å²) in [5.74, 6) is 0.279. The Hall–Kier alpha value is -2.74. The standard InChI is InChI=1S/C20H18Cl2N4O3/c1-20(22,28)11-24-19(27)16-9-15(12-3-5-13(21)6-4-12)25-18(26-16)14-10-23-8-7-17(14)29-2/h3-10,28H,11H2,1-2H3,(H,24,27). The molecule has 1 atom stereocenters. The first-order chi connectivity index (χ1) is 13.8. The number of nitrogens with one attached hydrogen (secondary N) is 1. The van der Waals surface area contributed by atoms with Crippen molar-refractivity contribution in [2.24, 2.45) is 0 Å². The summed E-state index contributed by atoms with van der Waals surface area (Å²) in [7, 11) is 1.53. The molecule has 0 spiro atoms. The molecule has 29 heavy (non-hydrogen) atoms. The van der Waals surface area contributed by atoms with Crippen molar-refractivity contribution >= 4 is 29.1 Å². The Bertz CT molecular complexity index is 1020. The van der Waals surface area contributed by atoms with Gasteiger partial charge in [0.25, 0.3) is 5.91 Å². The molecular formula is C20H18Cl2N4O3. The van der Waals surface area contributed by atoms with Crippen LogP contribution in [0.1, 0.15) is 17.4 Å². The third kappa shape index (κ3) is 5.41. The minimum Gasteiger partial charge on any atom is -0.496 e. The zero-order valence-corrected chi connectivity index (χ0v) is 17.2. The molecule has 3 aromatic rings. The van der Waals surface area contributed by atoms with Crippen LogP contribution >= 0.6 is 23.2 Å². The highest BCUT2D eigenvalue weighted by Gasteiger charge is 2.20. The number of halogens is 2. The second-order valence-corrected chi connectivity index (χ2v) is 7.62. The molecule has 0 bridgehead atoms. The number of rotatable bonds is 6. The molecule has 2 heterocycles. The van der Waals surface area contributed by atoms with Crippen LogP contribution in [0.3, 0.4) is 0 Å². The fraction of sp³-hybridized carbons (Fsp3) is 0.200. The topological polar surface area (TPSA) is 97.2 Å². The van der Waals surface area contributed by atoms with Crippen LogP contribution in [0, 0.1) is 0 Å². The number of hydrogen-bond donors (Lipinski definition) is 2. The maximum atomic E-state index is 12.6. The number of hydrogen-bond acceptors (Lipinski definition) is 6. The Labute approximate surface area is 177 Å². The number of pyridine rings is 1. The molecule has 0 radical (unpaired) electrons. The molecule has 0 saturated carbocycles. The quantitative estimate of drug-likeness (QED) is 0.578. The third-order valence-corrected chi connectivity index (χ3v) is 4.30. The minimum absolute atomic E-state index is 0.103. The van der Waals surface area contributed by atoms with E-state index in [0.29, 0.717) is 22.0 Å². The van der Waals surface area contributed by atoms with Gasteiger partial charge in [0.15, 0.2) is 10.9 Å². The van der Waals surface area contributed by atoms with Gasteiger partial charge >= 0.3 is 0 Å². The van der Waals surface area contributed by atoms with E-state index in [4.69, 9.17) is 27.9 Å². The first kappa shape index (κ1) is 21.0. The number of ether oxygens (including phenoxy) is 1. The van der Waals surface area contributed by atoms with E-state index >= 15 is 0 Å². The third-order valence-electron chi connectivity index (χ3n) is 3.91. The minimum atomic E-state index is -1.57. The number of nitrogens with zero attached hydrogens (tertiary/aromatic N) is 3. The van der Waals surface area contributed by atoms with Gasteiger partial charge in [-0.15, -0.1) is 0 Å². The lowest BCUT2D eigenvalue weighted by Gasteiger charge is -2.15. The van der Waals surface area contributed by atoms with Crippen LogP contribution in [0.2, 0.25) is 5.02 Å². The zero-order chi connectivity index (χ0) is 21.0. The Kier molecular flexibility index (Phi) is 6.32. The van der Waals surface area contributed by atoms with Crippen LogP contribution in [0.25, 0.3) is 22.6 Å². The molecule has 0 saturated heterocycles. The molecule has 0 aliphatic heterocycles. The predicted molar refractivity (Wildman–Crippen MR) is 111 cm³/mol. The van der Waals surface area contributed by atoms with Gasteiger partial charge in [-0.1, -0.05) is 35.3 Å². The smallest absolute Gasteiger partial charge is 0.270 e. The maximum absolute atomic E-state index is 12.6. The van der Waals surface area contributed by atoms with Gasteiger partial charge in [-0.2, -0.15) is 0 Å². The summed E-state index contributed by atoms with van der Waals surface area (Å²) in [5.41, 5.74) is 1.90. The molecule has 7 nitrogen and oxygen atoms in total. The van der Waals surface area contributed by atoms with Gasteiger partial charge in [-0.3, -0.25) is 9.78 Å². The molecule has 0 aliphatic rings. The van der Waals surface area contributed by atoms with Crippen molar-refractivity contribution in [1.82, 2.24) is 20.3 Å². The first-order valence-electron chi connectivity index (χ1n) is 8.60. The van der Waals surface area contributed by atoms with E-state index in [-0.39, 0.29) is 18.1 Å². The lowest BCUT2D eigenvalue weighted by Crippen LogP contribution is -2.36. The van der Waals surface area contributed by atoms with Crippen molar-refractivity contribution in [2.45, 2.75) is 12.0 Å². The lowest BCUT2D eigenvalue weighted by molar-refractivity contribution is 0.0891. The Morgan fingerprint density at radius 2 is 1.97 bits per heavy atom. The number of amides is 1. The van der Waals surface area contributed by atoms with E-state index < -0.39 is 11.0 Å². The van der Waals surface area contributed by atoms with Crippen molar-refractivity contribution in [3.8, 4) is 28.4 Å². The van der Waals surface area contributed by atoms with Gasteiger partial charge in [0, 0.05) is 23.0 Å². The van der Waals surface area contributed by atoms with Gasteiger partial charge < -0.3 is 15.2 Å². The normalized spacial score (nSPS) is 12.9. The van der Waals surface area contributed by atoms with E-state index in [0.717, 1.165) is 5.56 Å². The summed E-state index contributed by atoms with van der Waals surface area (Å²) < 4.78 is 5.37. The Morgan fingerprint density at radius 1 is 1.24 bits per heavy atom. The molecule has 9 heteroatoms. The second kappa shape index (κ2) is 8.73. The number of carbonyl (C=O) groups is 1. The van der Waals surface area contributed by atoms with Crippen molar-refractivity contribution in [3.63, 3.8) is 0 Å². The second-order valence-electron chi connectivity index (χ2n) is 6.37. The van der Waals surface area contributed by atoms with Crippen molar-refractivity contribution in [2.75, 3.05) is 13.7 Å². The van der Waals surface area contributed by atoms with Crippen molar-refractivity contribution in [1.29, 1.82) is 0 Å². The molecule has 1 amide bonds. The molecule has 2 aromatic heterocycles. The number of alkyl halides is 1. The SMILES string of the molecule is COc1ccncc1-c1nc(C(=O)NCC(C)(O)Cl)cc(-c2ccc(Cl)cc2)n1. The Balaban J connectivity index is 2.09. The predicted octanol–water partition coefficient (Wildman–Crippen LogP) is 3.54. The molecule has 2 N–H and O–H groups in total. The zero-order valence-electron chi connectivity index (χ0n) is 15.7. The van der Waals surface area contributed by atoms with Crippen molar-refractivity contribution < 1.29 is 14.6 Å². The van der Waals surface area contributed by atoms with Gasteiger partial charge in [0.05, 0.1) is 24.9 Å². The van der Waals surface area contributed by atoms with Crippen LogP contribution < -0.4 is 10.1 Å². The number of benzene rings is 1. The average molecular weight is 433 g/mol. The van der Waals surface area contributed by atoms with E-state index in [1.807, 2.05) is 0 Å². The summed E-state index contributed by atoms with van der Waals surface area (Å²) in [6, 6.07) is 10.3. The summed E-state index contributed by atoms with van der Waals surface area (Å²) in [6.07, 6.45) is 3.15.